The van der Waals surface area contributed by atoms with Crippen LogP contribution >= 0.6 is 0 Å². The Hall–Kier alpha value is -1.48. The van der Waals surface area contributed by atoms with Crippen LogP contribution in [0.3, 0.4) is 0 Å². The summed E-state index contributed by atoms with van der Waals surface area (Å²) in [6, 6.07) is 7.70. The minimum absolute atomic E-state index is 0.0670. The highest BCUT2D eigenvalue weighted by molar-refractivity contribution is 7.86. The molecule has 2 aliphatic rings. The SMILES string of the molecule is Cc1ccc(NC(=O)CN2CCN(S(=O)(=O)N3CCCCCC3)CC2)cc1. The van der Waals surface area contributed by atoms with Gasteiger partial charge in [-0.15, -0.1) is 0 Å². The molecule has 2 aliphatic heterocycles. The highest BCUT2D eigenvalue weighted by Crippen LogP contribution is 2.18. The maximum atomic E-state index is 12.8. The molecule has 1 amide bonds. The maximum Gasteiger partial charge on any atom is 0.282 e. The molecule has 1 aromatic carbocycles. The summed E-state index contributed by atoms with van der Waals surface area (Å²) >= 11 is 0. The van der Waals surface area contributed by atoms with Gasteiger partial charge in [-0.1, -0.05) is 30.5 Å². The molecule has 0 saturated carbocycles. The van der Waals surface area contributed by atoms with Gasteiger partial charge in [-0.25, -0.2) is 0 Å². The van der Waals surface area contributed by atoms with Crippen molar-refractivity contribution in [1.82, 2.24) is 13.5 Å². The topological polar surface area (TPSA) is 73.0 Å². The summed E-state index contributed by atoms with van der Waals surface area (Å²) in [7, 11) is -3.37. The second kappa shape index (κ2) is 9.14. The van der Waals surface area contributed by atoms with Gasteiger partial charge in [-0.05, 0) is 31.9 Å². The molecule has 0 unspecified atom stereocenters. The van der Waals surface area contributed by atoms with Crippen molar-refractivity contribution < 1.29 is 13.2 Å². The molecule has 0 bridgehead atoms. The molecular formula is C19H30N4O3S. The average molecular weight is 395 g/mol. The molecule has 3 rings (SSSR count). The van der Waals surface area contributed by atoms with Crippen molar-refractivity contribution in [3.8, 4) is 0 Å². The summed E-state index contributed by atoms with van der Waals surface area (Å²) in [6.07, 6.45) is 4.10. The molecule has 8 heteroatoms. The second-order valence-electron chi connectivity index (χ2n) is 7.41. The summed E-state index contributed by atoms with van der Waals surface area (Å²) < 4.78 is 28.9. The highest BCUT2D eigenvalue weighted by Gasteiger charge is 2.32. The van der Waals surface area contributed by atoms with E-state index in [4.69, 9.17) is 0 Å². The van der Waals surface area contributed by atoms with Crippen LogP contribution in [0.5, 0.6) is 0 Å². The largest absolute Gasteiger partial charge is 0.325 e. The number of aryl methyl sites for hydroxylation is 1. The van der Waals surface area contributed by atoms with E-state index in [1.807, 2.05) is 36.1 Å². The van der Waals surface area contributed by atoms with Gasteiger partial charge in [-0.2, -0.15) is 17.0 Å². The Kier molecular flexibility index (Phi) is 6.86. The van der Waals surface area contributed by atoms with Crippen LogP contribution in [0.25, 0.3) is 0 Å². The third-order valence-corrected chi connectivity index (χ3v) is 7.29. The van der Waals surface area contributed by atoms with E-state index in [0.29, 0.717) is 39.3 Å². The summed E-state index contributed by atoms with van der Waals surface area (Å²) in [5.41, 5.74) is 1.93. The molecule has 1 aromatic rings. The minimum Gasteiger partial charge on any atom is -0.325 e. The number of nitrogens with zero attached hydrogens (tertiary/aromatic N) is 3. The number of carbonyl (C=O) groups is 1. The standard InChI is InChI=1S/C19H30N4O3S/c1-17-6-8-18(9-7-17)20-19(24)16-21-12-14-23(15-13-21)27(25,26)22-10-4-2-3-5-11-22/h6-9H,2-5,10-16H2,1H3,(H,20,24). The fourth-order valence-electron chi connectivity index (χ4n) is 3.59. The van der Waals surface area contributed by atoms with Crippen LogP contribution < -0.4 is 5.32 Å². The molecular weight excluding hydrogens is 364 g/mol. The van der Waals surface area contributed by atoms with Crippen LogP contribution in [-0.2, 0) is 15.0 Å². The average Bonchev–Trinajstić information content (AvgIpc) is 2.94. The van der Waals surface area contributed by atoms with E-state index in [9.17, 15) is 13.2 Å². The molecule has 1 N–H and O–H groups in total. The van der Waals surface area contributed by atoms with Crippen LogP contribution in [0.15, 0.2) is 24.3 Å². The Bertz CT molecular complexity index is 720. The fourth-order valence-corrected chi connectivity index (χ4v) is 5.27. The molecule has 0 spiro atoms. The van der Waals surface area contributed by atoms with E-state index >= 15 is 0 Å². The van der Waals surface area contributed by atoms with Crippen molar-refractivity contribution in [2.45, 2.75) is 32.6 Å². The zero-order chi connectivity index (χ0) is 19.3. The van der Waals surface area contributed by atoms with Crippen molar-refractivity contribution in [1.29, 1.82) is 0 Å². The lowest BCUT2D eigenvalue weighted by Gasteiger charge is -2.36. The van der Waals surface area contributed by atoms with E-state index < -0.39 is 10.2 Å². The first-order valence-electron chi connectivity index (χ1n) is 9.79. The molecule has 0 aliphatic carbocycles. The molecule has 0 radical (unpaired) electrons. The van der Waals surface area contributed by atoms with E-state index in [-0.39, 0.29) is 12.5 Å². The molecule has 2 fully saturated rings. The maximum absolute atomic E-state index is 12.8. The number of anilines is 1. The van der Waals surface area contributed by atoms with Crippen molar-refractivity contribution >= 4 is 21.8 Å². The van der Waals surface area contributed by atoms with Crippen molar-refractivity contribution in [2.75, 3.05) is 51.1 Å². The van der Waals surface area contributed by atoms with Gasteiger partial charge in [-0.3, -0.25) is 9.69 Å². The van der Waals surface area contributed by atoms with E-state index in [1.165, 1.54) is 0 Å². The Labute approximate surface area is 162 Å². The zero-order valence-corrected chi connectivity index (χ0v) is 16.9. The first-order valence-corrected chi connectivity index (χ1v) is 11.2. The predicted octanol–water partition coefficient (Wildman–Crippen LogP) is 1.67. The minimum atomic E-state index is -3.37. The van der Waals surface area contributed by atoms with Crippen molar-refractivity contribution in [3.63, 3.8) is 0 Å². The number of benzene rings is 1. The fraction of sp³-hybridized carbons (Fsp3) is 0.632. The predicted molar refractivity (Wildman–Crippen MR) is 107 cm³/mol. The van der Waals surface area contributed by atoms with Crippen LogP contribution in [0, 0.1) is 6.92 Å². The molecule has 150 valence electrons. The summed E-state index contributed by atoms with van der Waals surface area (Å²) in [5.74, 6) is -0.0670. The van der Waals surface area contributed by atoms with Crippen LogP contribution in [0.4, 0.5) is 5.69 Å². The Morgan fingerprint density at radius 3 is 2.04 bits per heavy atom. The zero-order valence-electron chi connectivity index (χ0n) is 16.1. The van der Waals surface area contributed by atoms with Gasteiger partial charge in [0.25, 0.3) is 10.2 Å². The summed E-state index contributed by atoms with van der Waals surface area (Å²) in [6.45, 7) is 5.58. The molecule has 2 saturated heterocycles. The highest BCUT2D eigenvalue weighted by atomic mass is 32.2. The summed E-state index contributed by atoms with van der Waals surface area (Å²) in [4.78, 5) is 14.2. The van der Waals surface area contributed by atoms with Gasteiger partial charge < -0.3 is 5.32 Å². The van der Waals surface area contributed by atoms with Gasteiger partial charge in [0, 0.05) is 45.0 Å². The Balaban J connectivity index is 1.48. The molecule has 0 aromatic heterocycles. The normalized spacial score (nSPS) is 20.9. The quantitative estimate of drug-likeness (QED) is 0.825. The molecule has 7 nitrogen and oxygen atoms in total. The molecule has 2 heterocycles. The lowest BCUT2D eigenvalue weighted by Crippen LogP contribution is -2.54. The number of hydrogen-bond donors (Lipinski definition) is 1. The molecule has 27 heavy (non-hydrogen) atoms. The number of carbonyl (C=O) groups excluding carboxylic acids is 1. The van der Waals surface area contributed by atoms with Gasteiger partial charge in [0.2, 0.25) is 5.91 Å². The lowest BCUT2D eigenvalue weighted by atomic mass is 10.2. The lowest BCUT2D eigenvalue weighted by molar-refractivity contribution is -0.117. The summed E-state index contributed by atoms with van der Waals surface area (Å²) in [5, 5.41) is 2.90. The smallest absolute Gasteiger partial charge is 0.282 e. The van der Waals surface area contributed by atoms with Crippen LogP contribution in [0.1, 0.15) is 31.2 Å². The van der Waals surface area contributed by atoms with E-state index in [2.05, 4.69) is 5.32 Å². The third kappa shape index (κ3) is 5.51. The number of rotatable bonds is 5. The monoisotopic (exact) mass is 394 g/mol. The number of hydrogen-bond acceptors (Lipinski definition) is 4. The van der Waals surface area contributed by atoms with Gasteiger partial charge in [0.1, 0.15) is 0 Å². The number of nitrogens with one attached hydrogen (secondary N) is 1. The van der Waals surface area contributed by atoms with Crippen molar-refractivity contribution in [3.05, 3.63) is 29.8 Å². The molecule has 0 atom stereocenters. The Morgan fingerprint density at radius 1 is 0.889 bits per heavy atom. The van der Waals surface area contributed by atoms with Crippen molar-refractivity contribution in [2.24, 2.45) is 0 Å². The van der Waals surface area contributed by atoms with E-state index in [0.717, 1.165) is 36.9 Å². The number of amides is 1. The van der Waals surface area contributed by atoms with Gasteiger partial charge in [0.15, 0.2) is 0 Å². The van der Waals surface area contributed by atoms with Gasteiger partial charge >= 0.3 is 0 Å². The third-order valence-electron chi connectivity index (χ3n) is 5.25. The van der Waals surface area contributed by atoms with Crippen LogP contribution in [-0.4, -0.2) is 73.6 Å². The second-order valence-corrected chi connectivity index (χ2v) is 9.34. The van der Waals surface area contributed by atoms with E-state index in [1.54, 1.807) is 8.61 Å². The Morgan fingerprint density at radius 2 is 1.44 bits per heavy atom. The number of piperazine rings is 1. The first-order chi connectivity index (χ1) is 12.9. The van der Waals surface area contributed by atoms with Crippen LogP contribution in [0.2, 0.25) is 0 Å². The first kappa shape index (κ1) is 20.3. The van der Waals surface area contributed by atoms with Gasteiger partial charge in [0.05, 0.1) is 6.54 Å².